The predicted octanol–water partition coefficient (Wildman–Crippen LogP) is 8.10. The Morgan fingerprint density at radius 1 is 1.23 bits per heavy atom. The van der Waals surface area contributed by atoms with Gasteiger partial charge in [-0.2, -0.15) is 15.2 Å². The number of nitriles is 1. The van der Waals surface area contributed by atoms with E-state index in [0.717, 1.165) is 43.6 Å². The molecule has 52 heavy (non-hydrogen) atoms. The monoisotopic (exact) mass is 753 g/mol. The molecule has 9 nitrogen and oxygen atoms in total. The van der Waals surface area contributed by atoms with Gasteiger partial charge in [0.25, 0.3) is 0 Å². The van der Waals surface area contributed by atoms with Crippen LogP contribution in [0.25, 0.3) is 32.1 Å². The van der Waals surface area contributed by atoms with Crippen LogP contribution in [0.2, 0.25) is 5.02 Å². The molecule has 4 atom stereocenters. The molecule has 0 bridgehead atoms. The van der Waals surface area contributed by atoms with Gasteiger partial charge in [0.15, 0.2) is 5.82 Å². The lowest BCUT2D eigenvalue weighted by atomic mass is 9.95. The molecule has 4 aromatic rings. The number of likely N-dealkylation sites (tertiary alicyclic amines) is 1. The van der Waals surface area contributed by atoms with Crippen molar-refractivity contribution in [2.24, 2.45) is 5.92 Å². The van der Waals surface area contributed by atoms with Crippen molar-refractivity contribution in [2.45, 2.75) is 90.0 Å². The van der Waals surface area contributed by atoms with Crippen molar-refractivity contribution >= 4 is 60.7 Å². The third-order valence-corrected chi connectivity index (χ3v) is 12.5. The third kappa shape index (κ3) is 6.00. The van der Waals surface area contributed by atoms with Crippen molar-refractivity contribution in [1.82, 2.24) is 19.8 Å². The number of halogens is 4. The van der Waals surface area contributed by atoms with Crippen molar-refractivity contribution in [3.63, 3.8) is 0 Å². The van der Waals surface area contributed by atoms with Crippen molar-refractivity contribution in [2.75, 3.05) is 43.4 Å². The molecular weight excluding hydrogens is 711 g/mol. The second kappa shape index (κ2) is 14.2. The van der Waals surface area contributed by atoms with Gasteiger partial charge in [0.1, 0.15) is 41.0 Å². The maximum absolute atomic E-state index is 17.2. The van der Waals surface area contributed by atoms with Gasteiger partial charge in [-0.05, 0) is 70.2 Å². The zero-order chi connectivity index (χ0) is 37.1. The SMILES string of the molecule is CC.CCN(c1nc(OCC23CCCN2CC(F)C3)nc2c(F)c(-c3ccc(F)c4sc(N)c(C#N)c34)c(Cl)cc12)C1CCN(C(=O)C2CC2)C1C. The molecular formula is C38H43ClF3N7O2S. The summed E-state index contributed by atoms with van der Waals surface area (Å²) in [6.07, 6.45) is 3.63. The molecule has 8 rings (SSSR count). The predicted molar refractivity (Wildman–Crippen MR) is 200 cm³/mol. The molecule has 0 radical (unpaired) electrons. The van der Waals surface area contributed by atoms with E-state index in [4.69, 9.17) is 27.1 Å². The van der Waals surface area contributed by atoms with E-state index in [1.165, 1.54) is 12.1 Å². The minimum atomic E-state index is -0.952. The number of nitrogens with zero attached hydrogens (tertiary/aromatic N) is 6. The number of rotatable bonds is 8. The fraction of sp³-hybridized carbons (Fsp3) is 0.526. The Morgan fingerprint density at radius 2 is 2.00 bits per heavy atom. The molecule has 3 aliphatic heterocycles. The van der Waals surface area contributed by atoms with E-state index in [0.29, 0.717) is 43.7 Å². The van der Waals surface area contributed by atoms with Crippen LogP contribution in [0.4, 0.5) is 24.0 Å². The smallest absolute Gasteiger partial charge is 0.319 e. The van der Waals surface area contributed by atoms with Gasteiger partial charge in [0.05, 0.1) is 26.9 Å². The summed E-state index contributed by atoms with van der Waals surface area (Å²) in [5.41, 5.74) is 5.75. The largest absolute Gasteiger partial charge is 0.461 e. The third-order valence-electron chi connectivity index (χ3n) is 11.2. The number of amides is 1. The number of anilines is 2. The molecule has 4 fully saturated rings. The molecule has 2 aromatic heterocycles. The fourth-order valence-electron chi connectivity index (χ4n) is 8.60. The summed E-state index contributed by atoms with van der Waals surface area (Å²) in [5, 5.41) is 10.6. The summed E-state index contributed by atoms with van der Waals surface area (Å²) in [4.78, 5) is 28.8. The van der Waals surface area contributed by atoms with E-state index < -0.39 is 23.3 Å². The Labute approximate surface area is 310 Å². The zero-order valence-electron chi connectivity index (χ0n) is 29.8. The number of thiophene rings is 1. The molecule has 5 heterocycles. The minimum absolute atomic E-state index is 0.0246. The average molecular weight is 754 g/mol. The molecule has 1 amide bonds. The zero-order valence-corrected chi connectivity index (χ0v) is 31.4. The average Bonchev–Trinajstić information content (AvgIpc) is 3.54. The van der Waals surface area contributed by atoms with E-state index in [9.17, 15) is 18.8 Å². The normalized spacial score (nSPS) is 24.2. The number of ether oxygens (including phenoxy) is 1. The van der Waals surface area contributed by atoms with Crippen LogP contribution < -0.4 is 15.4 Å². The summed E-state index contributed by atoms with van der Waals surface area (Å²) < 4.78 is 53.2. The summed E-state index contributed by atoms with van der Waals surface area (Å²) in [6.45, 7) is 10.4. The number of hydrogen-bond acceptors (Lipinski definition) is 9. The Hall–Kier alpha value is -3.86. The summed E-state index contributed by atoms with van der Waals surface area (Å²) in [6, 6.07) is 5.94. The number of nitrogen functional groups attached to an aromatic ring is 1. The van der Waals surface area contributed by atoms with Crippen molar-refractivity contribution in [1.29, 1.82) is 5.26 Å². The minimum Gasteiger partial charge on any atom is -0.461 e. The highest BCUT2D eigenvalue weighted by atomic mass is 35.5. The number of aromatic nitrogens is 2. The van der Waals surface area contributed by atoms with Crippen molar-refractivity contribution in [3.8, 4) is 23.2 Å². The van der Waals surface area contributed by atoms with Gasteiger partial charge in [-0.15, -0.1) is 11.3 Å². The molecule has 1 saturated carbocycles. The Morgan fingerprint density at radius 3 is 2.71 bits per heavy atom. The molecule has 2 N–H and O–H groups in total. The Balaban J connectivity index is 0.00000207. The molecule has 3 saturated heterocycles. The molecule has 4 unspecified atom stereocenters. The van der Waals surface area contributed by atoms with E-state index >= 15 is 4.39 Å². The molecule has 276 valence electrons. The van der Waals surface area contributed by atoms with Crippen molar-refractivity contribution in [3.05, 3.63) is 40.4 Å². The highest BCUT2D eigenvalue weighted by Gasteiger charge is 2.49. The van der Waals surface area contributed by atoms with Gasteiger partial charge < -0.3 is 20.3 Å². The van der Waals surface area contributed by atoms with E-state index in [2.05, 4.69) is 14.8 Å². The Kier molecular flexibility index (Phi) is 9.95. The maximum atomic E-state index is 17.2. The number of fused-ring (bicyclic) bond motifs is 3. The van der Waals surface area contributed by atoms with E-state index in [1.807, 2.05) is 38.7 Å². The van der Waals surface area contributed by atoms with Gasteiger partial charge in [0, 0.05) is 54.4 Å². The second-order valence-electron chi connectivity index (χ2n) is 14.1. The lowest BCUT2D eigenvalue weighted by Gasteiger charge is -2.35. The standard InChI is InChI=1S/C36H37ClF3N7O2S.C2H6/c1-3-46(26-9-12-47(18(26)2)34(48)19-5-6-19)33-22-13-24(37)28(21-7-8-25(39)31-27(21)23(15-41)32(42)50-31)29(40)30(22)43-35(44-33)49-17-36-10-4-11-45(36)16-20(38)14-36;1-2/h7-8,13,18-20,26H,3-6,9-12,14,16-17,42H2,1-2H3;1-2H3. The molecule has 4 aliphatic rings. The number of likely N-dealkylation sites (N-methyl/N-ethyl adjacent to an activating group) is 1. The van der Waals surface area contributed by atoms with E-state index in [-0.39, 0.29) is 78.8 Å². The first kappa shape index (κ1) is 36.5. The van der Waals surface area contributed by atoms with Crippen LogP contribution in [0.5, 0.6) is 6.01 Å². The van der Waals surface area contributed by atoms with Crippen molar-refractivity contribution < 1.29 is 22.7 Å². The molecule has 14 heteroatoms. The van der Waals surface area contributed by atoms with Crippen LogP contribution in [0, 0.1) is 28.9 Å². The number of carbonyl (C=O) groups excluding carboxylic acids is 1. The van der Waals surface area contributed by atoms with Crippen LogP contribution in [0.15, 0.2) is 18.2 Å². The van der Waals surface area contributed by atoms with Gasteiger partial charge in [-0.1, -0.05) is 31.5 Å². The topological polar surface area (TPSA) is 112 Å². The first-order valence-electron chi connectivity index (χ1n) is 18.2. The first-order chi connectivity index (χ1) is 25.0. The van der Waals surface area contributed by atoms with Crippen LogP contribution in [0.3, 0.4) is 0 Å². The quantitative estimate of drug-likeness (QED) is 0.192. The van der Waals surface area contributed by atoms with Gasteiger partial charge in [0.2, 0.25) is 5.91 Å². The number of carbonyl (C=O) groups is 1. The van der Waals surface area contributed by atoms with Crippen LogP contribution in [0.1, 0.15) is 71.8 Å². The molecule has 0 spiro atoms. The maximum Gasteiger partial charge on any atom is 0.319 e. The lowest BCUT2D eigenvalue weighted by Crippen LogP contribution is -2.46. The second-order valence-corrected chi connectivity index (χ2v) is 15.5. The van der Waals surface area contributed by atoms with Gasteiger partial charge >= 0.3 is 6.01 Å². The van der Waals surface area contributed by atoms with Gasteiger partial charge in [-0.3, -0.25) is 9.69 Å². The lowest BCUT2D eigenvalue weighted by molar-refractivity contribution is -0.133. The number of hydrogen-bond donors (Lipinski definition) is 1. The molecule has 2 aromatic carbocycles. The summed E-state index contributed by atoms with van der Waals surface area (Å²) in [5.74, 6) is -0.694. The molecule has 1 aliphatic carbocycles. The number of alkyl halides is 1. The van der Waals surface area contributed by atoms with Crippen LogP contribution in [-0.4, -0.2) is 82.3 Å². The highest BCUT2D eigenvalue weighted by Crippen LogP contribution is 2.47. The number of nitrogens with two attached hydrogens (primary N) is 1. The fourth-order valence-corrected chi connectivity index (χ4v) is 9.85. The first-order valence-corrected chi connectivity index (χ1v) is 19.4. The van der Waals surface area contributed by atoms with Gasteiger partial charge in [-0.25, -0.2) is 13.2 Å². The Bertz CT molecular complexity index is 2090. The van der Waals surface area contributed by atoms with E-state index in [1.54, 1.807) is 6.07 Å². The van der Waals surface area contributed by atoms with Crippen LogP contribution in [-0.2, 0) is 4.79 Å². The summed E-state index contributed by atoms with van der Waals surface area (Å²) >= 11 is 7.83. The number of benzene rings is 2. The summed E-state index contributed by atoms with van der Waals surface area (Å²) in [7, 11) is 0. The van der Waals surface area contributed by atoms with Crippen LogP contribution >= 0.6 is 22.9 Å². The highest BCUT2D eigenvalue weighted by molar-refractivity contribution is 7.23.